The fourth-order valence-electron chi connectivity index (χ4n) is 1.20. The molecule has 2 N–H and O–H groups in total. The zero-order valence-corrected chi connectivity index (χ0v) is 11.1. The van der Waals surface area contributed by atoms with Gasteiger partial charge in [-0.05, 0) is 30.7 Å². The molecule has 0 aromatic heterocycles. The fraction of sp³-hybridized carbons (Fsp3) is 0.400. The molecule has 0 aliphatic rings. The number of benzene rings is 1. The van der Waals surface area contributed by atoms with Crippen LogP contribution in [0.3, 0.4) is 0 Å². The second-order valence-corrected chi connectivity index (χ2v) is 6.21. The van der Waals surface area contributed by atoms with E-state index in [0.29, 0.717) is 6.54 Å². The van der Waals surface area contributed by atoms with Gasteiger partial charge < -0.3 is 4.55 Å². The molecule has 17 heavy (non-hydrogen) atoms. The minimum atomic E-state index is -3.51. The Bertz CT molecular complexity index is 482. The maximum absolute atomic E-state index is 11.7. The van der Waals surface area contributed by atoms with E-state index in [1.807, 2.05) is 6.92 Å². The van der Waals surface area contributed by atoms with E-state index in [1.165, 1.54) is 24.3 Å². The SMILES string of the molecule is CCCCNS(=O)(=O)c1ccc(S(=O)O)cc1. The maximum atomic E-state index is 11.7. The van der Waals surface area contributed by atoms with Crippen LogP contribution in [0.5, 0.6) is 0 Å². The van der Waals surface area contributed by atoms with E-state index in [4.69, 9.17) is 4.55 Å². The molecule has 1 unspecified atom stereocenters. The first-order valence-corrected chi connectivity index (χ1v) is 7.77. The molecule has 1 rings (SSSR count). The molecule has 0 fully saturated rings. The molecule has 0 radical (unpaired) electrons. The summed E-state index contributed by atoms with van der Waals surface area (Å²) in [5, 5.41) is 0. The van der Waals surface area contributed by atoms with Crippen LogP contribution in [0.2, 0.25) is 0 Å². The average Bonchev–Trinajstić information content (AvgIpc) is 2.29. The fourth-order valence-corrected chi connectivity index (χ4v) is 2.64. The van der Waals surface area contributed by atoms with E-state index < -0.39 is 21.1 Å². The zero-order chi connectivity index (χ0) is 12.9. The van der Waals surface area contributed by atoms with Crippen molar-refractivity contribution in [2.24, 2.45) is 0 Å². The Morgan fingerprint density at radius 2 is 1.88 bits per heavy atom. The van der Waals surface area contributed by atoms with Crippen molar-refractivity contribution >= 4 is 21.1 Å². The van der Waals surface area contributed by atoms with Gasteiger partial charge in [0.1, 0.15) is 0 Å². The molecule has 0 saturated heterocycles. The van der Waals surface area contributed by atoms with E-state index in [1.54, 1.807) is 0 Å². The van der Waals surface area contributed by atoms with E-state index in [0.717, 1.165) is 12.8 Å². The molecule has 0 heterocycles. The molecule has 0 aliphatic heterocycles. The van der Waals surface area contributed by atoms with Gasteiger partial charge in [0.25, 0.3) is 0 Å². The highest BCUT2D eigenvalue weighted by atomic mass is 32.2. The third-order valence-corrected chi connectivity index (χ3v) is 4.31. The van der Waals surface area contributed by atoms with Crippen molar-refractivity contribution in [3.63, 3.8) is 0 Å². The number of unbranched alkanes of at least 4 members (excludes halogenated alkanes) is 1. The van der Waals surface area contributed by atoms with Gasteiger partial charge in [0.05, 0.1) is 9.79 Å². The van der Waals surface area contributed by atoms with Crippen LogP contribution in [0.4, 0.5) is 0 Å². The van der Waals surface area contributed by atoms with Crippen LogP contribution in [0.15, 0.2) is 34.1 Å². The summed E-state index contributed by atoms with van der Waals surface area (Å²) in [4.78, 5) is 0.278. The van der Waals surface area contributed by atoms with Crippen molar-refractivity contribution in [1.82, 2.24) is 4.72 Å². The Morgan fingerprint density at radius 1 is 1.29 bits per heavy atom. The molecule has 7 heteroatoms. The summed E-state index contributed by atoms with van der Waals surface area (Å²) in [6.07, 6.45) is 1.68. The first-order chi connectivity index (χ1) is 7.97. The van der Waals surface area contributed by atoms with Crippen molar-refractivity contribution < 1.29 is 17.2 Å². The summed E-state index contributed by atoms with van der Waals surface area (Å²) in [6.45, 7) is 2.37. The maximum Gasteiger partial charge on any atom is 0.240 e. The van der Waals surface area contributed by atoms with Gasteiger partial charge in [-0.1, -0.05) is 13.3 Å². The Morgan fingerprint density at radius 3 is 2.35 bits per heavy atom. The van der Waals surface area contributed by atoms with Gasteiger partial charge in [0, 0.05) is 6.54 Å². The van der Waals surface area contributed by atoms with Gasteiger partial charge in [0.15, 0.2) is 11.1 Å². The summed E-state index contributed by atoms with van der Waals surface area (Å²) in [5.74, 6) is 0. The monoisotopic (exact) mass is 277 g/mol. The van der Waals surface area contributed by atoms with Crippen LogP contribution in [0.1, 0.15) is 19.8 Å². The lowest BCUT2D eigenvalue weighted by Crippen LogP contribution is -2.24. The second-order valence-electron chi connectivity index (χ2n) is 3.47. The van der Waals surface area contributed by atoms with Crippen molar-refractivity contribution in [2.45, 2.75) is 29.6 Å². The Hall–Kier alpha value is -0.760. The molecule has 1 aromatic rings. The Balaban J connectivity index is 2.81. The molecule has 1 atom stereocenters. The molecular weight excluding hydrogens is 262 g/mol. The number of sulfonamides is 1. The molecule has 0 spiro atoms. The lowest BCUT2D eigenvalue weighted by Gasteiger charge is -2.06. The third kappa shape index (κ3) is 4.19. The first-order valence-electron chi connectivity index (χ1n) is 5.18. The predicted octanol–water partition coefficient (Wildman–Crippen LogP) is 1.35. The number of hydrogen-bond acceptors (Lipinski definition) is 3. The summed E-state index contributed by atoms with van der Waals surface area (Å²) < 4.78 is 45.5. The van der Waals surface area contributed by atoms with Crippen molar-refractivity contribution in [1.29, 1.82) is 0 Å². The molecule has 5 nitrogen and oxygen atoms in total. The van der Waals surface area contributed by atoms with Gasteiger partial charge in [-0.15, -0.1) is 0 Å². The summed E-state index contributed by atoms with van der Waals surface area (Å²) in [5.41, 5.74) is 0. The van der Waals surface area contributed by atoms with Crippen LogP contribution in [0.25, 0.3) is 0 Å². The van der Waals surface area contributed by atoms with Crippen molar-refractivity contribution in [3.8, 4) is 0 Å². The number of rotatable bonds is 6. The van der Waals surface area contributed by atoms with Crippen LogP contribution in [-0.4, -0.2) is 23.7 Å². The largest absolute Gasteiger partial charge is 0.302 e. The molecule has 96 valence electrons. The summed E-state index contributed by atoms with van der Waals surface area (Å²) >= 11 is -2.09. The Labute approximate surface area is 104 Å². The molecule has 0 amide bonds. The van der Waals surface area contributed by atoms with Crippen LogP contribution in [0, 0.1) is 0 Å². The topological polar surface area (TPSA) is 83.5 Å². The Kier molecular flexibility index (Phi) is 5.26. The van der Waals surface area contributed by atoms with Gasteiger partial charge >= 0.3 is 0 Å². The lowest BCUT2D eigenvalue weighted by atomic mass is 10.3. The van der Waals surface area contributed by atoms with Gasteiger partial charge in [0.2, 0.25) is 10.0 Å². The lowest BCUT2D eigenvalue weighted by molar-refractivity contribution is 0.563. The standard InChI is InChI=1S/C10H15NO4S2/c1-2-3-8-11-17(14,15)10-6-4-9(5-7-10)16(12)13/h4-7,11H,2-3,8H2,1H3,(H,12,13). The molecule has 0 aliphatic carbocycles. The summed E-state index contributed by atoms with van der Waals surface area (Å²) in [6, 6.07) is 5.28. The highest BCUT2D eigenvalue weighted by molar-refractivity contribution is 7.89. The molecule has 0 saturated carbocycles. The highest BCUT2D eigenvalue weighted by Gasteiger charge is 2.13. The van der Waals surface area contributed by atoms with E-state index in [-0.39, 0.29) is 9.79 Å². The van der Waals surface area contributed by atoms with E-state index in [9.17, 15) is 12.6 Å². The predicted molar refractivity (Wildman–Crippen MR) is 65.6 cm³/mol. The van der Waals surface area contributed by atoms with Crippen molar-refractivity contribution in [2.75, 3.05) is 6.54 Å². The zero-order valence-electron chi connectivity index (χ0n) is 9.42. The smallest absolute Gasteiger partial charge is 0.240 e. The summed E-state index contributed by atoms with van der Waals surface area (Å²) in [7, 11) is -3.51. The van der Waals surface area contributed by atoms with Gasteiger partial charge in [-0.25, -0.2) is 17.3 Å². The first kappa shape index (κ1) is 14.3. The van der Waals surface area contributed by atoms with Gasteiger partial charge in [-0.2, -0.15) is 0 Å². The third-order valence-electron chi connectivity index (χ3n) is 2.16. The second kappa shape index (κ2) is 6.25. The normalized spacial score (nSPS) is 13.5. The minimum absolute atomic E-state index is 0.0998. The molecule has 1 aromatic carbocycles. The highest BCUT2D eigenvalue weighted by Crippen LogP contribution is 2.12. The number of hydrogen-bond donors (Lipinski definition) is 2. The average molecular weight is 277 g/mol. The van der Waals surface area contributed by atoms with Gasteiger partial charge in [-0.3, -0.25) is 0 Å². The molecule has 0 bridgehead atoms. The van der Waals surface area contributed by atoms with Crippen molar-refractivity contribution in [3.05, 3.63) is 24.3 Å². The number of nitrogens with one attached hydrogen (secondary N) is 1. The quantitative estimate of drug-likeness (QED) is 0.607. The van der Waals surface area contributed by atoms with Crippen LogP contribution in [-0.2, 0) is 21.1 Å². The van der Waals surface area contributed by atoms with Crippen LogP contribution < -0.4 is 4.72 Å². The van der Waals surface area contributed by atoms with E-state index in [2.05, 4.69) is 4.72 Å². The minimum Gasteiger partial charge on any atom is -0.302 e. The van der Waals surface area contributed by atoms with Crippen LogP contribution >= 0.6 is 0 Å². The molecular formula is C10H15NO4S2. The van der Waals surface area contributed by atoms with E-state index >= 15 is 0 Å².